The lowest BCUT2D eigenvalue weighted by Crippen LogP contribution is -2.52. The van der Waals surface area contributed by atoms with Crippen LogP contribution in [0.4, 0.5) is 5.69 Å². The Morgan fingerprint density at radius 3 is 2.12 bits per heavy atom. The third-order valence-corrected chi connectivity index (χ3v) is 8.71. The number of hydrogen-bond donors (Lipinski definition) is 1. The van der Waals surface area contributed by atoms with Crippen LogP contribution < -0.4 is 9.62 Å². The quantitative estimate of drug-likeness (QED) is 0.295. The van der Waals surface area contributed by atoms with Gasteiger partial charge in [-0.25, -0.2) is 8.42 Å². The van der Waals surface area contributed by atoms with Crippen LogP contribution in [0.2, 0.25) is 5.02 Å². The molecular formula is C31H38ClN3O4S. The first kappa shape index (κ1) is 31.2. The Morgan fingerprint density at radius 2 is 1.55 bits per heavy atom. The van der Waals surface area contributed by atoms with Gasteiger partial charge in [-0.2, -0.15) is 0 Å². The van der Waals surface area contributed by atoms with Crippen molar-refractivity contribution in [1.82, 2.24) is 10.2 Å². The van der Waals surface area contributed by atoms with Crippen molar-refractivity contribution in [2.24, 2.45) is 5.92 Å². The summed E-state index contributed by atoms with van der Waals surface area (Å²) in [5.41, 5.74) is 3.06. The van der Waals surface area contributed by atoms with Gasteiger partial charge >= 0.3 is 0 Å². The Morgan fingerprint density at radius 1 is 0.925 bits per heavy atom. The van der Waals surface area contributed by atoms with Gasteiger partial charge in [0.1, 0.15) is 12.6 Å². The zero-order chi connectivity index (χ0) is 29.4. The summed E-state index contributed by atoms with van der Waals surface area (Å²) in [5.74, 6) is -0.514. The molecule has 7 nitrogen and oxygen atoms in total. The predicted molar refractivity (Wildman–Crippen MR) is 161 cm³/mol. The molecule has 9 heteroatoms. The lowest BCUT2D eigenvalue weighted by molar-refractivity contribution is -0.140. The van der Waals surface area contributed by atoms with Crippen LogP contribution >= 0.6 is 11.6 Å². The second-order valence-corrected chi connectivity index (χ2v) is 12.6. The minimum Gasteiger partial charge on any atom is -0.354 e. The Bertz CT molecular complexity index is 1410. The molecule has 0 heterocycles. The van der Waals surface area contributed by atoms with Gasteiger partial charge in [0.05, 0.1) is 10.6 Å². The van der Waals surface area contributed by atoms with Crippen LogP contribution in [0.25, 0.3) is 0 Å². The van der Waals surface area contributed by atoms with E-state index in [-0.39, 0.29) is 23.3 Å². The molecule has 214 valence electrons. The van der Waals surface area contributed by atoms with E-state index in [9.17, 15) is 18.0 Å². The molecular weight excluding hydrogens is 546 g/mol. The smallest absolute Gasteiger partial charge is 0.264 e. The first-order valence-electron chi connectivity index (χ1n) is 13.4. The molecule has 0 aromatic heterocycles. The number of benzene rings is 3. The molecule has 0 aliphatic rings. The van der Waals surface area contributed by atoms with Gasteiger partial charge in [0.2, 0.25) is 11.8 Å². The number of nitrogens with one attached hydrogen (secondary N) is 1. The van der Waals surface area contributed by atoms with Crippen molar-refractivity contribution >= 4 is 39.1 Å². The number of nitrogens with zero attached hydrogens (tertiary/aromatic N) is 2. The highest BCUT2D eigenvalue weighted by Gasteiger charge is 2.33. The fourth-order valence-corrected chi connectivity index (χ4v) is 5.83. The second kappa shape index (κ2) is 13.8. The molecule has 0 radical (unpaired) electrons. The highest BCUT2D eigenvalue weighted by molar-refractivity contribution is 7.92. The van der Waals surface area contributed by atoms with Gasteiger partial charge in [-0.15, -0.1) is 0 Å². The molecule has 40 heavy (non-hydrogen) atoms. The summed E-state index contributed by atoms with van der Waals surface area (Å²) in [6.45, 7) is 9.80. The molecule has 1 N–H and O–H groups in total. The van der Waals surface area contributed by atoms with Crippen molar-refractivity contribution in [2.75, 3.05) is 17.4 Å². The second-order valence-electron chi connectivity index (χ2n) is 10.3. The monoisotopic (exact) mass is 583 g/mol. The zero-order valence-electron chi connectivity index (χ0n) is 23.7. The molecule has 0 aliphatic heterocycles. The van der Waals surface area contributed by atoms with Crippen molar-refractivity contribution in [2.45, 2.75) is 58.5 Å². The standard InChI is InChI=1S/C31H38ClN3O4S/c1-6-29(31(37)33-19-22(2)3)34(20-25-10-8-7-9-24(25)5)30(36)21-35(27-15-13-26(32)14-16-27)40(38,39)28-17-11-23(4)12-18-28/h7-18,22,29H,6,19-21H2,1-5H3,(H,33,37). The maximum atomic E-state index is 14.1. The number of carbonyl (C=O) groups is 2. The largest absolute Gasteiger partial charge is 0.354 e. The number of rotatable bonds is 12. The van der Waals surface area contributed by atoms with E-state index in [0.717, 1.165) is 21.0 Å². The van der Waals surface area contributed by atoms with Crippen LogP contribution in [0.15, 0.2) is 77.7 Å². The summed E-state index contributed by atoms with van der Waals surface area (Å²) in [6, 6.07) is 19.6. The van der Waals surface area contributed by atoms with E-state index >= 15 is 0 Å². The van der Waals surface area contributed by atoms with E-state index in [1.165, 1.54) is 17.0 Å². The summed E-state index contributed by atoms with van der Waals surface area (Å²) in [5, 5.41) is 3.38. The van der Waals surface area contributed by atoms with Gasteiger partial charge in [0, 0.05) is 18.1 Å². The van der Waals surface area contributed by atoms with Crippen molar-refractivity contribution in [3.63, 3.8) is 0 Å². The molecule has 0 saturated carbocycles. The number of carbonyl (C=O) groups excluding carboxylic acids is 2. The van der Waals surface area contributed by atoms with E-state index in [1.54, 1.807) is 36.4 Å². The zero-order valence-corrected chi connectivity index (χ0v) is 25.3. The molecule has 1 atom stereocenters. The Balaban J connectivity index is 2.05. The maximum Gasteiger partial charge on any atom is 0.264 e. The van der Waals surface area contributed by atoms with E-state index in [4.69, 9.17) is 11.6 Å². The summed E-state index contributed by atoms with van der Waals surface area (Å²) in [7, 11) is -4.13. The molecule has 3 aromatic rings. The van der Waals surface area contributed by atoms with Crippen molar-refractivity contribution in [3.05, 3.63) is 94.5 Å². The first-order valence-corrected chi connectivity index (χ1v) is 15.2. The molecule has 0 fully saturated rings. The SMILES string of the molecule is CCC(C(=O)NCC(C)C)N(Cc1ccccc1C)C(=O)CN(c1ccc(Cl)cc1)S(=O)(=O)c1ccc(C)cc1. The molecule has 2 amide bonds. The van der Waals surface area contributed by atoms with Crippen LogP contribution in [-0.2, 0) is 26.2 Å². The molecule has 3 aromatic carbocycles. The highest BCUT2D eigenvalue weighted by Crippen LogP contribution is 2.26. The number of hydrogen-bond acceptors (Lipinski definition) is 4. The van der Waals surface area contributed by atoms with Gasteiger partial charge in [-0.3, -0.25) is 13.9 Å². The van der Waals surface area contributed by atoms with Crippen molar-refractivity contribution in [1.29, 1.82) is 0 Å². The van der Waals surface area contributed by atoms with Crippen LogP contribution in [0, 0.1) is 19.8 Å². The van der Waals surface area contributed by atoms with Crippen LogP contribution in [0.1, 0.15) is 43.9 Å². The van der Waals surface area contributed by atoms with Gasteiger partial charge < -0.3 is 10.2 Å². The highest BCUT2D eigenvalue weighted by atomic mass is 35.5. The van der Waals surface area contributed by atoms with Gasteiger partial charge in [0.15, 0.2) is 0 Å². The van der Waals surface area contributed by atoms with E-state index in [0.29, 0.717) is 23.7 Å². The van der Waals surface area contributed by atoms with E-state index < -0.39 is 28.5 Å². The number of halogens is 1. The van der Waals surface area contributed by atoms with Gasteiger partial charge in [-0.05, 0) is 73.7 Å². The predicted octanol–water partition coefficient (Wildman–Crippen LogP) is 5.73. The lowest BCUT2D eigenvalue weighted by Gasteiger charge is -2.33. The minimum absolute atomic E-state index is 0.0630. The van der Waals surface area contributed by atoms with Crippen LogP contribution in [0.5, 0.6) is 0 Å². The summed E-state index contributed by atoms with van der Waals surface area (Å²) in [4.78, 5) is 28.9. The van der Waals surface area contributed by atoms with Crippen LogP contribution in [-0.4, -0.2) is 44.3 Å². The average Bonchev–Trinajstić information content (AvgIpc) is 2.92. The maximum absolute atomic E-state index is 14.1. The molecule has 0 aliphatic carbocycles. The van der Waals surface area contributed by atoms with Crippen molar-refractivity contribution in [3.8, 4) is 0 Å². The Hall–Kier alpha value is -3.36. The summed E-state index contributed by atoms with van der Waals surface area (Å²) in [6.07, 6.45) is 0.368. The number of aryl methyl sites for hydroxylation is 2. The normalized spacial score (nSPS) is 12.2. The first-order chi connectivity index (χ1) is 18.9. The Kier molecular flexibility index (Phi) is 10.8. The summed E-state index contributed by atoms with van der Waals surface area (Å²) < 4.78 is 28.9. The molecule has 3 rings (SSSR count). The lowest BCUT2D eigenvalue weighted by atomic mass is 10.1. The molecule has 0 bridgehead atoms. The third kappa shape index (κ3) is 7.86. The van der Waals surface area contributed by atoms with Crippen molar-refractivity contribution < 1.29 is 18.0 Å². The third-order valence-electron chi connectivity index (χ3n) is 6.67. The van der Waals surface area contributed by atoms with E-state index in [2.05, 4.69) is 5.32 Å². The minimum atomic E-state index is -4.13. The fraction of sp³-hybridized carbons (Fsp3) is 0.355. The van der Waals surface area contributed by atoms with E-state index in [1.807, 2.05) is 58.9 Å². The van der Waals surface area contributed by atoms with Crippen LogP contribution in [0.3, 0.4) is 0 Å². The summed E-state index contributed by atoms with van der Waals surface area (Å²) >= 11 is 6.09. The molecule has 1 unspecified atom stereocenters. The molecule has 0 saturated heterocycles. The fourth-order valence-electron chi connectivity index (χ4n) is 4.29. The van der Waals surface area contributed by atoms with Gasteiger partial charge in [-0.1, -0.05) is 74.3 Å². The average molecular weight is 584 g/mol. The topological polar surface area (TPSA) is 86.8 Å². The number of amides is 2. The Labute approximate surface area is 243 Å². The van der Waals surface area contributed by atoms with Gasteiger partial charge in [0.25, 0.3) is 10.0 Å². The number of anilines is 1. The number of sulfonamides is 1. The molecule has 0 spiro atoms.